The monoisotopic (exact) mass is 190 g/mol. The van der Waals surface area contributed by atoms with Gasteiger partial charge in [0.1, 0.15) is 5.82 Å². The van der Waals surface area contributed by atoms with E-state index in [1.54, 1.807) is 12.3 Å². The fourth-order valence-electron chi connectivity index (χ4n) is 0.968. The molecule has 0 N–H and O–H groups in total. The molecule has 0 unspecified atom stereocenters. The summed E-state index contributed by atoms with van der Waals surface area (Å²) in [4.78, 5) is 8.33. The molecule has 1 aromatic heterocycles. The van der Waals surface area contributed by atoms with Gasteiger partial charge in [-0.1, -0.05) is 32.6 Å². The van der Waals surface area contributed by atoms with Gasteiger partial charge in [-0.3, -0.25) is 0 Å². The average molecular weight is 190 g/mol. The van der Waals surface area contributed by atoms with E-state index in [1.807, 2.05) is 39.8 Å². The molecule has 1 heterocycles. The number of nitrogens with zero attached hydrogens (tertiary/aromatic N) is 2. The van der Waals surface area contributed by atoms with Crippen molar-refractivity contribution < 1.29 is 0 Å². The molecule has 2 heteroatoms. The second-order valence-electron chi connectivity index (χ2n) is 2.46. The normalized spacial score (nSPS) is 9.43. The Kier molecular flexibility index (Phi) is 6.29. The molecule has 1 rings (SSSR count). The summed E-state index contributed by atoms with van der Waals surface area (Å²) in [5.41, 5.74) is 1.90. The maximum absolute atomic E-state index is 4.23. The van der Waals surface area contributed by atoms with Crippen molar-refractivity contribution in [2.24, 2.45) is 0 Å². The molecule has 0 aromatic carbocycles. The topological polar surface area (TPSA) is 25.8 Å². The smallest absolute Gasteiger partial charge is 0.125 e. The highest BCUT2D eigenvalue weighted by Crippen LogP contribution is 2.08. The average Bonchev–Trinajstić information content (AvgIpc) is 2.24. The van der Waals surface area contributed by atoms with Gasteiger partial charge in [-0.2, -0.15) is 0 Å². The van der Waals surface area contributed by atoms with E-state index in [9.17, 15) is 0 Å². The lowest BCUT2D eigenvalue weighted by atomic mass is 10.2. The number of rotatable bonds is 2. The van der Waals surface area contributed by atoms with Crippen molar-refractivity contribution in [3.8, 4) is 0 Å². The van der Waals surface area contributed by atoms with E-state index in [0.29, 0.717) is 0 Å². The lowest BCUT2D eigenvalue weighted by molar-refractivity contribution is 1.04. The van der Waals surface area contributed by atoms with Gasteiger partial charge in [-0.25, -0.2) is 9.97 Å². The third-order valence-electron chi connectivity index (χ3n) is 1.51. The first-order valence-corrected chi connectivity index (χ1v) is 4.86. The van der Waals surface area contributed by atoms with E-state index in [-0.39, 0.29) is 0 Å². The Balaban J connectivity index is 0.000000791. The number of allylic oxidation sites excluding steroid dienone is 1. The van der Waals surface area contributed by atoms with E-state index >= 15 is 0 Å². The summed E-state index contributed by atoms with van der Waals surface area (Å²) < 4.78 is 0. The Morgan fingerprint density at radius 1 is 1.36 bits per heavy atom. The van der Waals surface area contributed by atoms with Gasteiger partial charge in [0.25, 0.3) is 0 Å². The van der Waals surface area contributed by atoms with E-state index in [4.69, 9.17) is 0 Å². The summed E-state index contributed by atoms with van der Waals surface area (Å²) in [7, 11) is 0. The molecule has 14 heavy (non-hydrogen) atoms. The van der Waals surface area contributed by atoms with Gasteiger partial charge in [0.05, 0.1) is 5.69 Å². The van der Waals surface area contributed by atoms with Crippen LogP contribution in [0.25, 0.3) is 12.2 Å². The Bertz CT molecular complexity index is 314. The minimum Gasteiger partial charge on any atom is -0.241 e. The van der Waals surface area contributed by atoms with Gasteiger partial charge in [0.2, 0.25) is 0 Å². The van der Waals surface area contributed by atoms with Crippen LogP contribution in [0, 0.1) is 6.92 Å². The number of aromatic nitrogens is 2. The van der Waals surface area contributed by atoms with Crippen LogP contribution in [0.15, 0.2) is 18.9 Å². The predicted octanol–water partition coefficient (Wildman–Crippen LogP) is 3.49. The molecule has 0 spiro atoms. The summed E-state index contributed by atoms with van der Waals surface area (Å²) in [6.45, 7) is 11.5. The van der Waals surface area contributed by atoms with Crippen molar-refractivity contribution in [1.82, 2.24) is 9.97 Å². The fourth-order valence-corrected chi connectivity index (χ4v) is 0.968. The minimum atomic E-state index is 0.776. The minimum absolute atomic E-state index is 0.776. The number of hydrogen-bond acceptors (Lipinski definition) is 2. The molecule has 0 aliphatic rings. The third kappa shape index (κ3) is 3.52. The maximum atomic E-state index is 4.23. The third-order valence-corrected chi connectivity index (χ3v) is 1.51. The first kappa shape index (κ1) is 12.6. The largest absolute Gasteiger partial charge is 0.241 e. The highest BCUT2D eigenvalue weighted by molar-refractivity contribution is 5.60. The second kappa shape index (κ2) is 7.01. The van der Waals surface area contributed by atoms with E-state index < -0.39 is 0 Å². The van der Waals surface area contributed by atoms with Crippen LogP contribution in [-0.4, -0.2) is 9.97 Å². The Labute approximate surface area is 86.4 Å². The van der Waals surface area contributed by atoms with Gasteiger partial charge in [0.15, 0.2) is 0 Å². The number of aryl methyl sites for hydroxylation is 1. The van der Waals surface area contributed by atoms with Crippen molar-refractivity contribution >= 4 is 12.2 Å². The zero-order chi connectivity index (χ0) is 11.0. The van der Waals surface area contributed by atoms with E-state index in [2.05, 4.69) is 16.5 Å². The Hall–Kier alpha value is -1.44. The van der Waals surface area contributed by atoms with Crippen molar-refractivity contribution in [2.75, 3.05) is 0 Å². The van der Waals surface area contributed by atoms with Crippen LogP contribution in [0.4, 0.5) is 0 Å². The standard InChI is InChI=1S/C10H12N2.C2H6/c1-4-6-9-7-11-8(3)12-10(9)5-2;1-2/h4-7H,2H2,1,3H3;1-2H3/b6-4-;. The molecule has 0 amide bonds. The van der Waals surface area contributed by atoms with Gasteiger partial charge in [-0.05, 0) is 19.9 Å². The highest BCUT2D eigenvalue weighted by Gasteiger charge is 1.97. The predicted molar refractivity (Wildman–Crippen MR) is 62.9 cm³/mol. The molecule has 0 aliphatic carbocycles. The summed E-state index contributed by atoms with van der Waals surface area (Å²) in [5.74, 6) is 0.776. The summed E-state index contributed by atoms with van der Waals surface area (Å²) in [6.07, 6.45) is 7.47. The lowest BCUT2D eigenvalue weighted by Crippen LogP contribution is -1.92. The quantitative estimate of drug-likeness (QED) is 0.713. The highest BCUT2D eigenvalue weighted by atomic mass is 14.9. The van der Waals surface area contributed by atoms with Crippen molar-refractivity contribution in [3.05, 3.63) is 35.9 Å². The Morgan fingerprint density at radius 3 is 2.50 bits per heavy atom. The van der Waals surface area contributed by atoms with E-state index in [0.717, 1.165) is 17.1 Å². The zero-order valence-electron chi connectivity index (χ0n) is 9.41. The molecular formula is C12H18N2. The molecular weight excluding hydrogens is 172 g/mol. The van der Waals surface area contributed by atoms with Crippen LogP contribution in [0.2, 0.25) is 0 Å². The van der Waals surface area contributed by atoms with E-state index in [1.165, 1.54) is 0 Å². The van der Waals surface area contributed by atoms with Crippen LogP contribution in [0.1, 0.15) is 37.9 Å². The first-order chi connectivity index (χ1) is 6.77. The van der Waals surface area contributed by atoms with Crippen molar-refractivity contribution in [3.63, 3.8) is 0 Å². The molecule has 0 aliphatic heterocycles. The van der Waals surface area contributed by atoms with Crippen LogP contribution in [0.3, 0.4) is 0 Å². The molecule has 0 radical (unpaired) electrons. The maximum Gasteiger partial charge on any atom is 0.125 e. The molecule has 0 fully saturated rings. The summed E-state index contributed by atoms with van der Waals surface area (Å²) in [6, 6.07) is 0. The molecule has 0 saturated carbocycles. The van der Waals surface area contributed by atoms with Gasteiger partial charge >= 0.3 is 0 Å². The second-order valence-corrected chi connectivity index (χ2v) is 2.46. The van der Waals surface area contributed by atoms with Crippen LogP contribution in [0.5, 0.6) is 0 Å². The van der Waals surface area contributed by atoms with Gasteiger partial charge < -0.3 is 0 Å². The molecule has 0 bridgehead atoms. The zero-order valence-corrected chi connectivity index (χ0v) is 9.41. The lowest BCUT2D eigenvalue weighted by Gasteiger charge is -1.99. The molecule has 1 aromatic rings. The van der Waals surface area contributed by atoms with Crippen LogP contribution in [-0.2, 0) is 0 Å². The van der Waals surface area contributed by atoms with Crippen LogP contribution < -0.4 is 0 Å². The fraction of sp³-hybridized carbons (Fsp3) is 0.333. The van der Waals surface area contributed by atoms with Crippen molar-refractivity contribution in [2.45, 2.75) is 27.7 Å². The first-order valence-electron chi connectivity index (χ1n) is 4.86. The summed E-state index contributed by atoms with van der Waals surface area (Å²) >= 11 is 0. The van der Waals surface area contributed by atoms with Crippen LogP contribution >= 0.6 is 0 Å². The van der Waals surface area contributed by atoms with Gasteiger partial charge in [-0.15, -0.1) is 0 Å². The number of hydrogen-bond donors (Lipinski definition) is 0. The molecule has 0 atom stereocenters. The van der Waals surface area contributed by atoms with Crippen molar-refractivity contribution in [1.29, 1.82) is 0 Å². The molecule has 76 valence electrons. The Morgan fingerprint density at radius 2 is 2.00 bits per heavy atom. The molecule has 2 nitrogen and oxygen atoms in total. The van der Waals surface area contributed by atoms with Gasteiger partial charge in [0, 0.05) is 11.8 Å². The summed E-state index contributed by atoms with van der Waals surface area (Å²) in [5, 5.41) is 0. The SMILES string of the molecule is C=Cc1nc(C)ncc1/C=C\C.CC. The molecule has 0 saturated heterocycles.